The van der Waals surface area contributed by atoms with Crippen LogP contribution in [-0.2, 0) is 24.8 Å². The molecule has 190 valence electrons. The summed E-state index contributed by atoms with van der Waals surface area (Å²) in [5.41, 5.74) is 4.60. The Labute approximate surface area is 225 Å². The minimum absolute atomic E-state index is 0.182. The molecule has 0 saturated carbocycles. The Morgan fingerprint density at radius 3 is 2.62 bits per heavy atom. The van der Waals surface area contributed by atoms with E-state index in [1.165, 1.54) is 34.3 Å². The van der Waals surface area contributed by atoms with Gasteiger partial charge in [0.2, 0.25) is 0 Å². The second-order valence-electron chi connectivity index (χ2n) is 9.26. The van der Waals surface area contributed by atoms with Gasteiger partial charge in [-0.2, -0.15) is 13.2 Å². The number of aromatic nitrogens is 3. The Morgan fingerprint density at radius 2 is 1.89 bits per heavy atom. The Balaban J connectivity index is 1.32. The van der Waals surface area contributed by atoms with Gasteiger partial charge in [-0.1, -0.05) is 23.7 Å². The van der Waals surface area contributed by atoms with E-state index in [9.17, 15) is 13.2 Å². The van der Waals surface area contributed by atoms with Crippen molar-refractivity contribution in [2.45, 2.75) is 56.0 Å². The van der Waals surface area contributed by atoms with Gasteiger partial charge in [0, 0.05) is 26.7 Å². The van der Waals surface area contributed by atoms with E-state index in [2.05, 4.69) is 14.8 Å². The van der Waals surface area contributed by atoms with Gasteiger partial charge < -0.3 is 0 Å². The largest absolute Gasteiger partial charge is 0.416 e. The molecule has 4 aromatic rings. The fraction of sp³-hybridized carbons (Fsp3) is 0.296. The van der Waals surface area contributed by atoms with Crippen molar-refractivity contribution in [1.29, 1.82) is 0 Å². The number of halogens is 4. The summed E-state index contributed by atoms with van der Waals surface area (Å²) < 4.78 is 40.7. The van der Waals surface area contributed by atoms with Crippen LogP contribution in [0, 0.1) is 6.92 Å². The van der Waals surface area contributed by atoms with E-state index in [4.69, 9.17) is 16.6 Å². The summed E-state index contributed by atoms with van der Waals surface area (Å²) >= 11 is 10.1. The van der Waals surface area contributed by atoms with Crippen LogP contribution in [0.2, 0.25) is 5.02 Å². The molecule has 0 saturated heterocycles. The SMILES string of the molecule is Cc1nnc2n1-c1sc3c(c1C(c1ccc(CSc4ccc(C(F)(F)F)cc4)cc1Cl)=N[C@H]2C)CCC3. The molecule has 1 aliphatic carbocycles. The van der Waals surface area contributed by atoms with Crippen LogP contribution in [-0.4, -0.2) is 20.5 Å². The number of benzene rings is 2. The summed E-state index contributed by atoms with van der Waals surface area (Å²) in [6.45, 7) is 4.00. The minimum Gasteiger partial charge on any atom is -0.273 e. The molecular formula is C27H22ClF3N4S2. The normalized spacial score (nSPS) is 16.7. The molecule has 4 nitrogen and oxygen atoms in total. The molecule has 6 rings (SSSR count). The highest BCUT2D eigenvalue weighted by atomic mass is 35.5. The number of thioether (sulfide) groups is 1. The molecule has 2 aromatic carbocycles. The lowest BCUT2D eigenvalue weighted by molar-refractivity contribution is -0.137. The van der Waals surface area contributed by atoms with Gasteiger partial charge in [0.25, 0.3) is 0 Å². The highest BCUT2D eigenvalue weighted by Gasteiger charge is 2.33. The molecule has 0 amide bonds. The molecule has 2 aromatic heterocycles. The van der Waals surface area contributed by atoms with Crippen LogP contribution in [0.3, 0.4) is 0 Å². The average molecular weight is 559 g/mol. The van der Waals surface area contributed by atoms with Crippen molar-refractivity contribution in [3.05, 3.63) is 91.8 Å². The number of rotatable bonds is 4. The standard InChI is InChI=1S/C27H22ClF3N4S2/c1-14-25-34-33-15(2)35(25)26-23(20-4-3-5-22(20)37-26)24(32-14)19-11-6-16(12-21(19)28)13-36-18-9-7-17(8-10-18)27(29,30)31/h6-12,14H,3-5,13H2,1-2H3/t14-/m0/s1. The summed E-state index contributed by atoms with van der Waals surface area (Å²) in [5.74, 6) is 2.27. The van der Waals surface area contributed by atoms with E-state index in [-0.39, 0.29) is 6.04 Å². The summed E-state index contributed by atoms with van der Waals surface area (Å²) in [6.07, 6.45) is -1.11. The van der Waals surface area contributed by atoms with Crippen molar-refractivity contribution < 1.29 is 13.2 Å². The first-order valence-corrected chi connectivity index (χ1v) is 14.1. The molecule has 0 radical (unpaired) electrons. The van der Waals surface area contributed by atoms with Gasteiger partial charge in [0.15, 0.2) is 5.82 Å². The Kier molecular flexibility index (Phi) is 6.20. The first-order chi connectivity index (χ1) is 17.7. The van der Waals surface area contributed by atoms with Crippen LogP contribution in [0.4, 0.5) is 13.2 Å². The predicted octanol–water partition coefficient (Wildman–Crippen LogP) is 8.00. The van der Waals surface area contributed by atoms with Gasteiger partial charge >= 0.3 is 6.18 Å². The fourth-order valence-electron chi connectivity index (χ4n) is 4.96. The number of aryl methyl sites for hydroxylation is 2. The fourth-order valence-corrected chi connectivity index (χ4v) is 7.54. The third kappa shape index (κ3) is 4.41. The number of thiophene rings is 1. The number of hydrogen-bond donors (Lipinski definition) is 0. The lowest BCUT2D eigenvalue weighted by Crippen LogP contribution is -2.09. The zero-order valence-corrected chi connectivity index (χ0v) is 22.5. The molecule has 1 aliphatic heterocycles. The van der Waals surface area contributed by atoms with Gasteiger partial charge in [-0.3, -0.25) is 9.56 Å². The van der Waals surface area contributed by atoms with Crippen molar-refractivity contribution >= 4 is 40.4 Å². The zero-order valence-electron chi connectivity index (χ0n) is 20.1. The Morgan fingerprint density at radius 1 is 1.11 bits per heavy atom. The number of aliphatic imine (C=N–C) groups is 1. The second kappa shape index (κ2) is 9.29. The highest BCUT2D eigenvalue weighted by Crippen LogP contribution is 2.43. The summed E-state index contributed by atoms with van der Waals surface area (Å²) in [4.78, 5) is 7.29. The molecule has 0 unspecified atom stereocenters. The van der Waals surface area contributed by atoms with Gasteiger partial charge in [-0.05, 0) is 74.6 Å². The third-order valence-corrected chi connectivity index (χ3v) is 9.44. The maximum absolute atomic E-state index is 12.8. The lowest BCUT2D eigenvalue weighted by Gasteiger charge is -2.13. The van der Waals surface area contributed by atoms with E-state index in [0.29, 0.717) is 10.8 Å². The van der Waals surface area contributed by atoms with Gasteiger partial charge in [0.1, 0.15) is 16.9 Å². The highest BCUT2D eigenvalue weighted by molar-refractivity contribution is 7.98. The third-order valence-electron chi connectivity index (χ3n) is 6.76. The Bertz CT molecular complexity index is 1540. The first kappa shape index (κ1) is 24.7. The molecule has 0 N–H and O–H groups in total. The first-order valence-electron chi connectivity index (χ1n) is 11.9. The molecule has 10 heteroatoms. The van der Waals surface area contributed by atoms with Crippen molar-refractivity contribution in [3.63, 3.8) is 0 Å². The molecule has 0 fully saturated rings. The zero-order chi connectivity index (χ0) is 25.9. The topological polar surface area (TPSA) is 43.1 Å². The van der Waals surface area contributed by atoms with E-state index in [0.717, 1.165) is 75.3 Å². The van der Waals surface area contributed by atoms with Crippen LogP contribution in [0.1, 0.15) is 63.7 Å². The smallest absolute Gasteiger partial charge is 0.273 e. The van der Waals surface area contributed by atoms with Crippen molar-refractivity contribution in [2.75, 3.05) is 0 Å². The average Bonchev–Trinajstić information content (AvgIpc) is 3.53. The van der Waals surface area contributed by atoms with Gasteiger partial charge in [-0.15, -0.1) is 33.3 Å². The van der Waals surface area contributed by atoms with Crippen LogP contribution in [0.5, 0.6) is 0 Å². The van der Waals surface area contributed by atoms with E-state index < -0.39 is 11.7 Å². The maximum atomic E-state index is 12.8. The number of alkyl halides is 3. The van der Waals surface area contributed by atoms with E-state index in [1.807, 2.05) is 32.0 Å². The van der Waals surface area contributed by atoms with E-state index >= 15 is 0 Å². The number of fused-ring (bicyclic) bond motifs is 5. The van der Waals surface area contributed by atoms with Crippen molar-refractivity contribution in [2.24, 2.45) is 4.99 Å². The van der Waals surface area contributed by atoms with Crippen molar-refractivity contribution in [3.8, 4) is 5.00 Å². The number of nitrogens with zero attached hydrogens (tertiary/aromatic N) is 4. The predicted molar refractivity (Wildman–Crippen MR) is 143 cm³/mol. The summed E-state index contributed by atoms with van der Waals surface area (Å²) in [6, 6.07) is 11.0. The summed E-state index contributed by atoms with van der Waals surface area (Å²) in [5, 5.41) is 10.5. The molecule has 37 heavy (non-hydrogen) atoms. The van der Waals surface area contributed by atoms with Crippen LogP contribution >= 0.6 is 34.7 Å². The molecular weight excluding hydrogens is 537 g/mol. The molecule has 3 heterocycles. The van der Waals surface area contributed by atoms with Gasteiger partial charge in [0.05, 0.1) is 16.3 Å². The molecule has 0 spiro atoms. The monoisotopic (exact) mass is 558 g/mol. The summed E-state index contributed by atoms with van der Waals surface area (Å²) in [7, 11) is 0. The maximum Gasteiger partial charge on any atom is 0.416 e. The molecule has 2 aliphatic rings. The molecule has 1 atom stereocenters. The minimum atomic E-state index is -4.33. The Hall–Kier alpha value is -2.62. The van der Waals surface area contributed by atoms with Gasteiger partial charge in [-0.25, -0.2) is 0 Å². The van der Waals surface area contributed by atoms with Crippen LogP contribution < -0.4 is 0 Å². The van der Waals surface area contributed by atoms with E-state index in [1.54, 1.807) is 11.3 Å². The lowest BCUT2D eigenvalue weighted by atomic mass is 9.98. The second-order valence-corrected chi connectivity index (χ2v) is 11.8. The number of hydrogen-bond acceptors (Lipinski definition) is 5. The van der Waals surface area contributed by atoms with Crippen LogP contribution in [0.25, 0.3) is 5.00 Å². The molecule has 0 bridgehead atoms. The van der Waals surface area contributed by atoms with Crippen molar-refractivity contribution in [1.82, 2.24) is 14.8 Å². The van der Waals surface area contributed by atoms with Crippen LogP contribution in [0.15, 0.2) is 52.4 Å². The quantitative estimate of drug-likeness (QED) is 0.238.